The van der Waals surface area contributed by atoms with Gasteiger partial charge in [-0.25, -0.2) is 0 Å². The fourth-order valence-electron chi connectivity index (χ4n) is 3.74. The van der Waals surface area contributed by atoms with E-state index in [-0.39, 0.29) is 11.7 Å². The summed E-state index contributed by atoms with van der Waals surface area (Å²) < 4.78 is 1.64. The van der Waals surface area contributed by atoms with Crippen molar-refractivity contribution in [2.75, 3.05) is 0 Å². The fraction of sp³-hybridized carbons (Fsp3) is 0.130. The molecule has 2 aromatic carbocycles. The molecule has 0 N–H and O–H groups in total. The Kier molecular flexibility index (Phi) is 5.14. The van der Waals surface area contributed by atoms with Crippen LogP contribution in [0.3, 0.4) is 0 Å². The van der Waals surface area contributed by atoms with Gasteiger partial charge in [-0.2, -0.15) is 0 Å². The highest BCUT2D eigenvalue weighted by Gasteiger charge is 2.49. The van der Waals surface area contributed by atoms with Crippen LogP contribution in [-0.2, 0) is 16.1 Å². The zero-order chi connectivity index (χ0) is 19.9. The summed E-state index contributed by atoms with van der Waals surface area (Å²) in [5.41, 5.74) is 3.25. The third kappa shape index (κ3) is 3.20. The van der Waals surface area contributed by atoms with E-state index < -0.39 is 5.54 Å². The number of nitrogens with zero attached hydrogens (tertiary/aromatic N) is 1. The summed E-state index contributed by atoms with van der Waals surface area (Å²) in [6.45, 7) is 2.50. The summed E-state index contributed by atoms with van der Waals surface area (Å²) in [6, 6.07) is 16.1. The van der Waals surface area contributed by atoms with Crippen molar-refractivity contribution in [3.8, 4) is 0 Å². The lowest BCUT2D eigenvalue weighted by Crippen LogP contribution is -2.45. The number of ketones is 1. The van der Waals surface area contributed by atoms with E-state index in [1.807, 2.05) is 54.3 Å². The molecule has 140 valence electrons. The van der Waals surface area contributed by atoms with Gasteiger partial charge in [0.05, 0.1) is 4.48 Å². The predicted octanol–water partition coefficient (Wildman–Crippen LogP) is 5.18. The molecule has 1 amide bonds. The molecule has 0 atom stereocenters. The fourth-order valence-corrected chi connectivity index (χ4v) is 5.01. The molecule has 0 saturated heterocycles. The van der Waals surface area contributed by atoms with Gasteiger partial charge in [0.2, 0.25) is 0 Å². The lowest BCUT2D eigenvalue weighted by atomic mass is 9.82. The summed E-state index contributed by atoms with van der Waals surface area (Å²) in [4.78, 5) is 27.0. The van der Waals surface area contributed by atoms with E-state index in [4.69, 9.17) is 0 Å². The maximum absolute atomic E-state index is 13.3. The van der Waals surface area contributed by atoms with Crippen LogP contribution in [0.4, 0.5) is 0 Å². The Morgan fingerprint density at radius 1 is 1.04 bits per heavy atom. The molecule has 0 saturated carbocycles. The van der Waals surface area contributed by atoms with Crippen molar-refractivity contribution in [2.45, 2.75) is 19.0 Å². The van der Waals surface area contributed by atoms with Crippen molar-refractivity contribution in [1.29, 1.82) is 0 Å². The number of rotatable bonds is 3. The molecule has 1 spiro atoms. The molecule has 0 radical (unpaired) electrons. The van der Waals surface area contributed by atoms with Crippen LogP contribution in [0.5, 0.6) is 0 Å². The van der Waals surface area contributed by atoms with E-state index in [9.17, 15) is 9.59 Å². The lowest BCUT2D eigenvalue weighted by molar-refractivity contribution is -0.127. The van der Waals surface area contributed by atoms with E-state index in [0.717, 1.165) is 25.8 Å². The highest BCUT2D eigenvalue weighted by Crippen LogP contribution is 2.47. The highest BCUT2D eigenvalue weighted by molar-refractivity contribution is 14.1. The molecular weight excluding hydrogens is 529 g/mol. The minimum atomic E-state index is -0.794. The molecule has 2 aromatic rings. The smallest absolute Gasteiger partial charge is 0.262 e. The Morgan fingerprint density at radius 2 is 1.71 bits per heavy atom. The van der Waals surface area contributed by atoms with Crippen LogP contribution in [-0.4, -0.2) is 22.1 Å². The van der Waals surface area contributed by atoms with E-state index in [1.165, 1.54) is 0 Å². The zero-order valence-electron chi connectivity index (χ0n) is 15.2. The van der Waals surface area contributed by atoms with Gasteiger partial charge >= 0.3 is 0 Å². The average Bonchev–Trinajstić information content (AvgIpc) is 2.89. The molecule has 28 heavy (non-hydrogen) atoms. The third-order valence-corrected chi connectivity index (χ3v) is 6.88. The molecule has 3 nitrogen and oxygen atoms in total. The molecule has 0 fully saturated rings. The first-order valence-electron chi connectivity index (χ1n) is 8.87. The number of allylic oxidation sites excluding steroid dienone is 2. The number of benzene rings is 2. The first-order valence-corrected chi connectivity index (χ1v) is 10.7. The molecule has 0 unspecified atom stereocenters. The zero-order valence-corrected chi connectivity index (χ0v) is 18.9. The van der Waals surface area contributed by atoms with Crippen molar-refractivity contribution in [3.63, 3.8) is 0 Å². The van der Waals surface area contributed by atoms with Crippen LogP contribution in [0, 0.1) is 10.5 Å². The summed E-state index contributed by atoms with van der Waals surface area (Å²) in [5, 5.41) is 0. The second-order valence-electron chi connectivity index (χ2n) is 6.94. The quantitative estimate of drug-likeness (QED) is 0.498. The number of hydrogen-bond donors (Lipinski definition) is 0. The van der Waals surface area contributed by atoms with Gasteiger partial charge in [-0.1, -0.05) is 48.0 Å². The van der Waals surface area contributed by atoms with Crippen LogP contribution < -0.4 is 0 Å². The van der Waals surface area contributed by atoms with Gasteiger partial charge < -0.3 is 4.90 Å². The van der Waals surface area contributed by atoms with Crippen LogP contribution in [0.15, 0.2) is 77.3 Å². The lowest BCUT2D eigenvalue weighted by Gasteiger charge is -2.37. The SMILES string of the molecule is Cc1ccc(I)c(CN2C(=O)C(Br)=C(c3ccccc3)C23C=CC(=O)C=C3)c1. The number of hydrogen-bond acceptors (Lipinski definition) is 2. The Labute approximate surface area is 186 Å². The summed E-state index contributed by atoms with van der Waals surface area (Å²) >= 11 is 5.85. The average molecular weight is 546 g/mol. The summed E-state index contributed by atoms with van der Waals surface area (Å²) in [6.07, 6.45) is 6.78. The van der Waals surface area contributed by atoms with Crippen LogP contribution in [0.1, 0.15) is 16.7 Å². The van der Waals surface area contributed by atoms with Crippen molar-refractivity contribution >= 4 is 55.8 Å². The third-order valence-electron chi connectivity index (χ3n) is 5.10. The predicted molar refractivity (Wildman–Crippen MR) is 123 cm³/mol. The summed E-state index contributed by atoms with van der Waals surface area (Å²) in [7, 11) is 0. The first-order chi connectivity index (χ1) is 13.4. The molecule has 5 heteroatoms. The first kappa shape index (κ1) is 19.3. The molecule has 0 bridgehead atoms. The minimum Gasteiger partial charge on any atom is -0.317 e. The topological polar surface area (TPSA) is 37.4 Å². The number of carbonyl (C=O) groups excluding carboxylic acids is 2. The van der Waals surface area contributed by atoms with Gasteiger partial charge in [-0.3, -0.25) is 9.59 Å². The monoisotopic (exact) mass is 545 g/mol. The second-order valence-corrected chi connectivity index (χ2v) is 8.89. The van der Waals surface area contributed by atoms with Crippen LogP contribution >= 0.6 is 38.5 Å². The highest BCUT2D eigenvalue weighted by atomic mass is 127. The van der Waals surface area contributed by atoms with Gasteiger partial charge in [0.1, 0.15) is 5.54 Å². The maximum atomic E-state index is 13.3. The molecule has 0 aromatic heterocycles. The van der Waals surface area contributed by atoms with Crippen molar-refractivity contribution in [3.05, 3.63) is 97.6 Å². The molecule has 1 aliphatic heterocycles. The van der Waals surface area contributed by atoms with E-state index in [2.05, 4.69) is 56.7 Å². The Balaban J connectivity index is 1.87. The normalized spacial score (nSPS) is 17.9. The van der Waals surface area contributed by atoms with Gasteiger partial charge in [0.15, 0.2) is 5.78 Å². The minimum absolute atomic E-state index is 0.0707. The molecule has 2 aliphatic rings. The summed E-state index contributed by atoms with van der Waals surface area (Å²) in [5.74, 6) is -0.154. The Morgan fingerprint density at radius 3 is 2.39 bits per heavy atom. The largest absolute Gasteiger partial charge is 0.317 e. The molecular formula is C23H17BrINO2. The number of carbonyl (C=O) groups is 2. The van der Waals surface area contributed by atoms with Crippen LogP contribution in [0.25, 0.3) is 5.57 Å². The molecule has 1 heterocycles. The maximum Gasteiger partial charge on any atom is 0.262 e. The number of aryl methyl sites for hydroxylation is 1. The molecule has 1 aliphatic carbocycles. The van der Waals surface area contributed by atoms with Crippen molar-refractivity contribution in [2.24, 2.45) is 0 Å². The van der Waals surface area contributed by atoms with Gasteiger partial charge in [-0.05, 0) is 86.9 Å². The van der Waals surface area contributed by atoms with Crippen LogP contribution in [0.2, 0.25) is 0 Å². The van der Waals surface area contributed by atoms with E-state index in [0.29, 0.717) is 11.0 Å². The second kappa shape index (κ2) is 7.44. The van der Waals surface area contributed by atoms with E-state index in [1.54, 1.807) is 12.2 Å². The van der Waals surface area contributed by atoms with Crippen molar-refractivity contribution in [1.82, 2.24) is 4.90 Å². The van der Waals surface area contributed by atoms with Crippen molar-refractivity contribution < 1.29 is 9.59 Å². The van der Waals surface area contributed by atoms with Gasteiger partial charge in [-0.15, -0.1) is 0 Å². The Bertz CT molecular complexity index is 1050. The van der Waals surface area contributed by atoms with Gasteiger partial charge in [0.25, 0.3) is 5.91 Å². The number of halogens is 2. The number of amides is 1. The standard InChI is InChI=1S/C23H17BrINO2/c1-15-7-8-19(25)17(13-15)14-26-22(28)21(24)20(16-5-3-2-4-6-16)23(26)11-9-18(27)10-12-23/h2-13H,14H2,1H3. The van der Waals surface area contributed by atoms with Gasteiger partial charge in [0, 0.05) is 15.7 Å². The molecule has 4 rings (SSSR count). The Hall–Kier alpha value is -1.99. The van der Waals surface area contributed by atoms with E-state index >= 15 is 0 Å².